The fourth-order valence-corrected chi connectivity index (χ4v) is 4.56. The van der Waals surface area contributed by atoms with E-state index < -0.39 is 0 Å². The van der Waals surface area contributed by atoms with Gasteiger partial charge in [0.1, 0.15) is 0 Å². The molecule has 2 N–H and O–H groups in total. The van der Waals surface area contributed by atoms with Crippen molar-refractivity contribution in [2.24, 2.45) is 0 Å². The van der Waals surface area contributed by atoms with Crippen molar-refractivity contribution in [2.75, 3.05) is 48.5 Å². The van der Waals surface area contributed by atoms with Crippen LogP contribution < -0.4 is 20.6 Å². The van der Waals surface area contributed by atoms with Crippen molar-refractivity contribution in [3.05, 3.63) is 53.6 Å². The average Bonchev–Trinajstić information content (AvgIpc) is 2.80. The van der Waals surface area contributed by atoms with Gasteiger partial charge in [-0.05, 0) is 61.4 Å². The van der Waals surface area contributed by atoms with Gasteiger partial charge in [-0.25, -0.2) is 5.48 Å². The molecular formula is C24H30N4O4. The lowest BCUT2D eigenvalue weighted by Crippen LogP contribution is -2.43. The molecule has 0 bridgehead atoms. The van der Waals surface area contributed by atoms with Crippen molar-refractivity contribution in [1.29, 1.82) is 0 Å². The monoisotopic (exact) mass is 438 g/mol. The fraction of sp³-hybridized carbons (Fsp3) is 0.417. The Morgan fingerprint density at radius 1 is 1.09 bits per heavy atom. The molecule has 1 fully saturated rings. The smallest absolute Gasteiger partial charge is 0.274 e. The minimum absolute atomic E-state index is 0.0128. The van der Waals surface area contributed by atoms with E-state index in [1.54, 1.807) is 17.9 Å². The second-order valence-corrected chi connectivity index (χ2v) is 8.23. The van der Waals surface area contributed by atoms with Gasteiger partial charge in [-0.2, -0.15) is 0 Å². The molecule has 0 radical (unpaired) electrons. The Balaban J connectivity index is 1.60. The van der Waals surface area contributed by atoms with Gasteiger partial charge in [-0.3, -0.25) is 14.4 Å². The molecule has 2 heterocycles. The summed E-state index contributed by atoms with van der Waals surface area (Å²) in [6.07, 6.45) is 0.729. The summed E-state index contributed by atoms with van der Waals surface area (Å²) < 4.78 is 5.44. The van der Waals surface area contributed by atoms with Gasteiger partial charge in [0, 0.05) is 48.7 Å². The first kappa shape index (κ1) is 22.1. The Kier molecular flexibility index (Phi) is 6.62. The van der Waals surface area contributed by atoms with E-state index in [0.29, 0.717) is 5.56 Å². The molecule has 2 amide bonds. The van der Waals surface area contributed by atoms with E-state index in [1.807, 2.05) is 19.1 Å². The van der Waals surface area contributed by atoms with Crippen molar-refractivity contribution in [2.45, 2.75) is 32.4 Å². The summed E-state index contributed by atoms with van der Waals surface area (Å²) in [6.45, 7) is 6.92. The number of fused-ring (bicyclic) bond motifs is 1. The summed E-state index contributed by atoms with van der Waals surface area (Å²) in [4.78, 5) is 33.5. The van der Waals surface area contributed by atoms with Crippen molar-refractivity contribution in [1.82, 2.24) is 5.48 Å². The molecule has 8 heteroatoms. The molecular weight excluding hydrogens is 408 g/mol. The van der Waals surface area contributed by atoms with Gasteiger partial charge < -0.3 is 19.9 Å². The molecule has 1 saturated heterocycles. The van der Waals surface area contributed by atoms with E-state index >= 15 is 0 Å². The topological polar surface area (TPSA) is 83.1 Å². The highest BCUT2D eigenvalue weighted by Crippen LogP contribution is 2.39. The number of hydrogen-bond donors (Lipinski definition) is 2. The maximum atomic E-state index is 12.3. The van der Waals surface area contributed by atoms with Gasteiger partial charge in [-0.15, -0.1) is 0 Å². The molecule has 2 aliphatic rings. The first-order valence-electron chi connectivity index (χ1n) is 10.9. The second kappa shape index (κ2) is 9.58. The Morgan fingerprint density at radius 3 is 2.47 bits per heavy atom. The van der Waals surface area contributed by atoms with Crippen LogP contribution in [0.1, 0.15) is 42.2 Å². The third-order valence-electron chi connectivity index (χ3n) is 6.06. The standard InChI is InChI=1S/C24H30N4O4/c1-16-14-22(25-19-5-7-20(8-6-19)27-10-12-32-13-11-27)21-15-18(24(30)26-31-3)4-9-23(21)28(16)17(2)29/h4-9,15-16,22,25H,10-14H2,1-3H3,(H,26,30). The largest absolute Gasteiger partial charge is 0.378 e. The quantitative estimate of drug-likeness (QED) is 0.698. The molecule has 2 aliphatic heterocycles. The molecule has 2 atom stereocenters. The zero-order valence-corrected chi connectivity index (χ0v) is 18.8. The van der Waals surface area contributed by atoms with Gasteiger partial charge in [0.05, 0.1) is 26.4 Å². The molecule has 2 aromatic rings. The Bertz CT molecular complexity index is 972. The van der Waals surface area contributed by atoms with E-state index in [0.717, 1.165) is 49.7 Å². The van der Waals surface area contributed by atoms with Crippen LogP contribution in [0, 0.1) is 0 Å². The number of anilines is 3. The molecule has 0 aliphatic carbocycles. The maximum absolute atomic E-state index is 12.3. The van der Waals surface area contributed by atoms with Gasteiger partial charge in [0.2, 0.25) is 5.91 Å². The molecule has 0 saturated carbocycles. The van der Waals surface area contributed by atoms with Crippen LogP contribution in [0.5, 0.6) is 0 Å². The Morgan fingerprint density at radius 2 is 1.81 bits per heavy atom. The third kappa shape index (κ3) is 4.56. The van der Waals surface area contributed by atoms with Crippen LogP contribution >= 0.6 is 0 Å². The number of carbonyl (C=O) groups excluding carboxylic acids is 2. The number of nitrogens with zero attached hydrogens (tertiary/aromatic N) is 2. The van der Waals surface area contributed by atoms with Gasteiger partial charge >= 0.3 is 0 Å². The summed E-state index contributed by atoms with van der Waals surface area (Å²) in [5.41, 5.74) is 6.76. The zero-order chi connectivity index (χ0) is 22.7. The Labute approximate surface area is 188 Å². The summed E-state index contributed by atoms with van der Waals surface area (Å²) in [6, 6.07) is 13.8. The SMILES string of the molecule is CONC(=O)c1ccc2c(c1)C(Nc1ccc(N3CCOCC3)cc1)CC(C)N2C(C)=O. The van der Waals surface area contributed by atoms with E-state index in [9.17, 15) is 9.59 Å². The van der Waals surface area contributed by atoms with Crippen LogP contribution in [0.25, 0.3) is 0 Å². The summed E-state index contributed by atoms with van der Waals surface area (Å²) in [5.74, 6) is -0.335. The normalized spacial score (nSPS) is 20.5. The number of hydrogen-bond acceptors (Lipinski definition) is 6. The van der Waals surface area contributed by atoms with Crippen LogP contribution in [0.2, 0.25) is 0 Å². The molecule has 0 aromatic heterocycles. The van der Waals surface area contributed by atoms with E-state index in [-0.39, 0.29) is 23.9 Å². The lowest BCUT2D eigenvalue weighted by molar-refractivity contribution is -0.117. The average molecular weight is 439 g/mol. The van der Waals surface area contributed by atoms with Crippen LogP contribution in [0.4, 0.5) is 17.1 Å². The highest BCUT2D eigenvalue weighted by molar-refractivity contribution is 5.97. The van der Waals surface area contributed by atoms with Crippen LogP contribution in [0.15, 0.2) is 42.5 Å². The molecule has 8 nitrogen and oxygen atoms in total. The molecule has 4 rings (SSSR count). The van der Waals surface area contributed by atoms with Crippen molar-refractivity contribution < 1.29 is 19.2 Å². The third-order valence-corrected chi connectivity index (χ3v) is 6.06. The number of nitrogens with one attached hydrogen (secondary N) is 2. The maximum Gasteiger partial charge on any atom is 0.274 e. The highest BCUT2D eigenvalue weighted by Gasteiger charge is 2.33. The second-order valence-electron chi connectivity index (χ2n) is 8.23. The first-order valence-corrected chi connectivity index (χ1v) is 10.9. The molecule has 0 spiro atoms. The van der Waals surface area contributed by atoms with Crippen LogP contribution in [-0.2, 0) is 14.4 Å². The Hall–Kier alpha value is -3.10. The van der Waals surface area contributed by atoms with Crippen molar-refractivity contribution in [3.8, 4) is 0 Å². The number of carbonyl (C=O) groups is 2. The van der Waals surface area contributed by atoms with Gasteiger partial charge in [0.25, 0.3) is 5.91 Å². The first-order chi connectivity index (χ1) is 15.5. The predicted molar refractivity (Wildman–Crippen MR) is 124 cm³/mol. The summed E-state index contributed by atoms with van der Waals surface area (Å²) in [7, 11) is 1.40. The van der Waals surface area contributed by atoms with Gasteiger partial charge in [0.15, 0.2) is 0 Å². The minimum atomic E-state index is -0.322. The van der Waals surface area contributed by atoms with E-state index in [2.05, 4.69) is 40.0 Å². The van der Waals surface area contributed by atoms with Crippen molar-refractivity contribution >= 4 is 28.9 Å². The van der Waals surface area contributed by atoms with Crippen molar-refractivity contribution in [3.63, 3.8) is 0 Å². The number of morpholine rings is 1. The number of rotatable bonds is 5. The molecule has 170 valence electrons. The molecule has 2 aromatic carbocycles. The van der Waals surface area contributed by atoms with E-state index in [4.69, 9.17) is 9.57 Å². The fourth-order valence-electron chi connectivity index (χ4n) is 4.56. The summed E-state index contributed by atoms with van der Waals surface area (Å²) >= 11 is 0. The van der Waals surface area contributed by atoms with Crippen LogP contribution in [-0.4, -0.2) is 51.3 Å². The number of hydroxylamine groups is 1. The molecule has 32 heavy (non-hydrogen) atoms. The lowest BCUT2D eigenvalue weighted by atomic mass is 9.90. The van der Waals surface area contributed by atoms with E-state index in [1.165, 1.54) is 12.8 Å². The minimum Gasteiger partial charge on any atom is -0.378 e. The number of amides is 2. The number of ether oxygens (including phenoxy) is 1. The van der Waals surface area contributed by atoms with Crippen LogP contribution in [0.3, 0.4) is 0 Å². The molecule has 2 unspecified atom stereocenters. The predicted octanol–water partition coefficient (Wildman–Crippen LogP) is 3.11. The summed E-state index contributed by atoms with van der Waals surface area (Å²) in [5, 5.41) is 3.61. The number of benzene rings is 2. The van der Waals surface area contributed by atoms with Gasteiger partial charge in [-0.1, -0.05) is 0 Å². The lowest BCUT2D eigenvalue weighted by Gasteiger charge is -2.39. The highest BCUT2D eigenvalue weighted by atomic mass is 16.6. The zero-order valence-electron chi connectivity index (χ0n) is 18.8.